The summed E-state index contributed by atoms with van der Waals surface area (Å²) in [6, 6.07) is 19.4. The fourth-order valence-corrected chi connectivity index (χ4v) is 2.55. The van der Waals surface area contributed by atoms with E-state index < -0.39 is 0 Å². The van der Waals surface area contributed by atoms with E-state index in [-0.39, 0.29) is 5.41 Å². The topological polar surface area (TPSA) is 12.9 Å². The third-order valence-corrected chi connectivity index (χ3v) is 3.89. The number of fused-ring (bicyclic) bond motifs is 1. The molecule has 0 aliphatic heterocycles. The van der Waals surface area contributed by atoms with E-state index in [1.165, 1.54) is 22.1 Å². The molecule has 1 nitrogen and oxygen atoms in total. The second-order valence-electron chi connectivity index (χ2n) is 6.72. The highest BCUT2D eigenvalue weighted by Crippen LogP contribution is 2.26. The quantitative estimate of drug-likeness (QED) is 0.571. The number of rotatable bonds is 1. The number of pyridine rings is 1. The Bertz CT molecular complexity index is 777. The van der Waals surface area contributed by atoms with Gasteiger partial charge in [0.2, 0.25) is 0 Å². The molecule has 0 aliphatic carbocycles. The molecule has 106 valence electrons. The first-order valence-corrected chi connectivity index (χ1v) is 7.42. The number of hydrogen-bond acceptors (Lipinski definition) is 1. The van der Waals surface area contributed by atoms with E-state index in [0.717, 1.165) is 11.2 Å². The zero-order valence-electron chi connectivity index (χ0n) is 13.1. The van der Waals surface area contributed by atoms with Crippen LogP contribution in [-0.2, 0) is 5.41 Å². The van der Waals surface area contributed by atoms with Crippen LogP contribution in [0.15, 0.2) is 54.6 Å². The van der Waals surface area contributed by atoms with E-state index in [4.69, 9.17) is 4.98 Å². The second kappa shape index (κ2) is 5.00. The summed E-state index contributed by atoms with van der Waals surface area (Å²) in [7, 11) is 0. The van der Waals surface area contributed by atoms with Crippen molar-refractivity contribution in [3.8, 4) is 11.3 Å². The van der Waals surface area contributed by atoms with Crippen molar-refractivity contribution in [2.45, 2.75) is 33.1 Å². The molecule has 0 saturated carbocycles. The summed E-state index contributed by atoms with van der Waals surface area (Å²) in [5, 5.41) is 1.20. The third kappa shape index (κ3) is 2.82. The van der Waals surface area contributed by atoms with Crippen molar-refractivity contribution in [2.24, 2.45) is 0 Å². The highest BCUT2D eigenvalue weighted by molar-refractivity contribution is 5.82. The van der Waals surface area contributed by atoms with Crippen LogP contribution < -0.4 is 0 Å². The first-order valence-electron chi connectivity index (χ1n) is 7.42. The lowest BCUT2D eigenvalue weighted by Gasteiger charge is -2.19. The van der Waals surface area contributed by atoms with E-state index >= 15 is 0 Å². The van der Waals surface area contributed by atoms with Crippen molar-refractivity contribution in [2.75, 3.05) is 0 Å². The van der Waals surface area contributed by atoms with Crippen LogP contribution in [0.25, 0.3) is 22.2 Å². The fourth-order valence-electron chi connectivity index (χ4n) is 2.55. The van der Waals surface area contributed by atoms with Gasteiger partial charge in [0.1, 0.15) is 0 Å². The molecule has 1 heterocycles. The molecular weight excluding hydrogens is 254 g/mol. The van der Waals surface area contributed by atoms with Gasteiger partial charge in [0.15, 0.2) is 0 Å². The molecule has 0 N–H and O–H groups in total. The van der Waals surface area contributed by atoms with Crippen molar-refractivity contribution in [3.63, 3.8) is 0 Å². The van der Waals surface area contributed by atoms with Crippen molar-refractivity contribution in [1.82, 2.24) is 4.98 Å². The molecule has 0 bridgehead atoms. The van der Waals surface area contributed by atoms with Crippen molar-refractivity contribution in [3.05, 3.63) is 65.7 Å². The lowest BCUT2D eigenvalue weighted by Crippen LogP contribution is -2.10. The van der Waals surface area contributed by atoms with Crippen LogP contribution in [0.1, 0.15) is 31.9 Å². The Labute approximate surface area is 126 Å². The van der Waals surface area contributed by atoms with Gasteiger partial charge in [0, 0.05) is 10.9 Å². The maximum atomic E-state index is 4.78. The van der Waals surface area contributed by atoms with Crippen molar-refractivity contribution in [1.29, 1.82) is 0 Å². The molecule has 0 spiro atoms. The zero-order chi connectivity index (χ0) is 15.0. The van der Waals surface area contributed by atoms with E-state index in [2.05, 4.69) is 82.3 Å². The monoisotopic (exact) mass is 275 g/mol. The first-order chi connectivity index (χ1) is 9.93. The first kappa shape index (κ1) is 13.8. The van der Waals surface area contributed by atoms with E-state index in [1.54, 1.807) is 0 Å². The number of aromatic nitrogens is 1. The molecule has 0 saturated heterocycles. The van der Waals surface area contributed by atoms with Gasteiger partial charge in [-0.25, -0.2) is 4.98 Å². The van der Waals surface area contributed by atoms with Crippen LogP contribution in [0.2, 0.25) is 0 Å². The summed E-state index contributed by atoms with van der Waals surface area (Å²) in [6.07, 6.45) is 0. The van der Waals surface area contributed by atoms with Crippen LogP contribution in [0.5, 0.6) is 0 Å². The SMILES string of the molecule is Cc1ccc2nc(-c3ccc(C(C)(C)C)cc3)ccc2c1. The Morgan fingerprint density at radius 2 is 1.52 bits per heavy atom. The van der Waals surface area contributed by atoms with E-state index in [0.29, 0.717) is 0 Å². The molecule has 0 amide bonds. The largest absolute Gasteiger partial charge is 0.248 e. The standard InChI is InChI=1S/C20H21N/c1-14-5-11-19-16(13-14)8-12-18(21-19)15-6-9-17(10-7-15)20(2,3)4/h5-13H,1-4H3. The average molecular weight is 275 g/mol. The number of hydrogen-bond donors (Lipinski definition) is 0. The Morgan fingerprint density at radius 1 is 0.810 bits per heavy atom. The molecule has 0 atom stereocenters. The molecule has 0 fully saturated rings. The van der Waals surface area contributed by atoms with Crippen molar-refractivity contribution < 1.29 is 0 Å². The van der Waals surface area contributed by atoms with Gasteiger partial charge in [0.05, 0.1) is 11.2 Å². The maximum Gasteiger partial charge on any atom is 0.0709 e. The van der Waals surface area contributed by atoms with Gasteiger partial charge in [-0.2, -0.15) is 0 Å². The highest BCUT2D eigenvalue weighted by atomic mass is 14.7. The Morgan fingerprint density at radius 3 is 2.19 bits per heavy atom. The minimum Gasteiger partial charge on any atom is -0.248 e. The van der Waals surface area contributed by atoms with Crippen LogP contribution in [-0.4, -0.2) is 4.98 Å². The Balaban J connectivity index is 2.02. The molecule has 1 aromatic heterocycles. The Hall–Kier alpha value is -2.15. The summed E-state index contributed by atoms with van der Waals surface area (Å²) in [5.74, 6) is 0. The predicted molar refractivity (Wildman–Crippen MR) is 90.6 cm³/mol. The van der Waals surface area contributed by atoms with E-state index in [1.807, 2.05) is 0 Å². The molecule has 0 aliphatic rings. The van der Waals surface area contributed by atoms with Gasteiger partial charge in [-0.05, 0) is 36.1 Å². The Kier molecular flexibility index (Phi) is 3.29. The van der Waals surface area contributed by atoms with Crippen molar-refractivity contribution >= 4 is 10.9 Å². The van der Waals surface area contributed by atoms with E-state index in [9.17, 15) is 0 Å². The summed E-state index contributed by atoms with van der Waals surface area (Å²) in [4.78, 5) is 4.78. The second-order valence-corrected chi connectivity index (χ2v) is 6.72. The molecule has 0 radical (unpaired) electrons. The predicted octanol–water partition coefficient (Wildman–Crippen LogP) is 5.51. The maximum absolute atomic E-state index is 4.78. The third-order valence-electron chi connectivity index (χ3n) is 3.89. The van der Waals surface area contributed by atoms with Crippen LogP contribution in [0.3, 0.4) is 0 Å². The number of nitrogens with zero attached hydrogens (tertiary/aromatic N) is 1. The smallest absolute Gasteiger partial charge is 0.0709 e. The van der Waals surface area contributed by atoms with Gasteiger partial charge in [-0.1, -0.05) is 62.7 Å². The molecule has 0 unspecified atom stereocenters. The highest BCUT2D eigenvalue weighted by Gasteiger charge is 2.13. The summed E-state index contributed by atoms with van der Waals surface area (Å²) >= 11 is 0. The minimum absolute atomic E-state index is 0.187. The number of aryl methyl sites for hydroxylation is 1. The number of benzene rings is 2. The average Bonchev–Trinajstić information content (AvgIpc) is 2.46. The molecule has 3 rings (SSSR count). The summed E-state index contributed by atoms with van der Waals surface area (Å²) in [6.45, 7) is 8.81. The molecule has 21 heavy (non-hydrogen) atoms. The van der Waals surface area contributed by atoms with Crippen LogP contribution >= 0.6 is 0 Å². The van der Waals surface area contributed by atoms with Crippen LogP contribution in [0.4, 0.5) is 0 Å². The summed E-state index contributed by atoms with van der Waals surface area (Å²) in [5.41, 5.74) is 6.07. The zero-order valence-corrected chi connectivity index (χ0v) is 13.1. The minimum atomic E-state index is 0.187. The summed E-state index contributed by atoms with van der Waals surface area (Å²) < 4.78 is 0. The van der Waals surface area contributed by atoms with Gasteiger partial charge >= 0.3 is 0 Å². The normalized spacial score (nSPS) is 11.8. The lowest BCUT2D eigenvalue weighted by atomic mass is 9.86. The van der Waals surface area contributed by atoms with Gasteiger partial charge in [0.25, 0.3) is 0 Å². The molecular formula is C20H21N. The van der Waals surface area contributed by atoms with Gasteiger partial charge in [-0.3, -0.25) is 0 Å². The molecule has 3 aromatic rings. The van der Waals surface area contributed by atoms with Gasteiger partial charge < -0.3 is 0 Å². The lowest BCUT2D eigenvalue weighted by molar-refractivity contribution is 0.590. The fraction of sp³-hybridized carbons (Fsp3) is 0.250. The van der Waals surface area contributed by atoms with Crippen LogP contribution in [0, 0.1) is 6.92 Å². The van der Waals surface area contributed by atoms with Gasteiger partial charge in [-0.15, -0.1) is 0 Å². The molecule has 2 aromatic carbocycles. The molecule has 1 heteroatoms.